The van der Waals surface area contributed by atoms with Crippen molar-refractivity contribution in [3.8, 4) is 0 Å². The molecule has 1 fully saturated rings. The maximum Gasteiger partial charge on any atom is 0.352 e. The Bertz CT molecular complexity index is 446. The first-order valence-electron chi connectivity index (χ1n) is 8.44. The van der Waals surface area contributed by atoms with Gasteiger partial charge in [-0.2, -0.15) is 0 Å². The summed E-state index contributed by atoms with van der Waals surface area (Å²) in [6, 6.07) is -0.0961. The van der Waals surface area contributed by atoms with Gasteiger partial charge in [0.1, 0.15) is 12.0 Å². The van der Waals surface area contributed by atoms with Gasteiger partial charge in [0.05, 0.1) is 6.10 Å². The Kier molecular flexibility index (Phi) is 6.00. The highest BCUT2D eigenvalue weighted by Crippen LogP contribution is 2.42. The molecule has 22 heavy (non-hydrogen) atoms. The summed E-state index contributed by atoms with van der Waals surface area (Å²) in [6.45, 7) is 4.75. The van der Waals surface area contributed by atoms with Gasteiger partial charge in [0.25, 0.3) is 0 Å². The van der Waals surface area contributed by atoms with Crippen molar-refractivity contribution in [2.45, 2.75) is 64.5 Å². The second-order valence-corrected chi connectivity index (χ2v) is 6.26. The summed E-state index contributed by atoms with van der Waals surface area (Å²) in [5, 5.41) is 12.6. The molecule has 5 nitrogen and oxygen atoms in total. The van der Waals surface area contributed by atoms with Crippen molar-refractivity contribution in [1.29, 1.82) is 0 Å². The predicted octanol–water partition coefficient (Wildman–Crippen LogP) is 2.51. The molecule has 0 spiro atoms. The molecule has 2 N–H and O–H groups in total. The monoisotopic (exact) mass is 309 g/mol. The number of aliphatic carboxylic acids is 1. The zero-order chi connectivity index (χ0) is 16.1. The molecular formula is C17H27NO4. The van der Waals surface area contributed by atoms with E-state index >= 15 is 0 Å². The Morgan fingerprint density at radius 1 is 1.45 bits per heavy atom. The van der Waals surface area contributed by atoms with Crippen molar-refractivity contribution in [3.05, 3.63) is 11.3 Å². The molecule has 0 bridgehead atoms. The van der Waals surface area contributed by atoms with Crippen LogP contribution in [-0.4, -0.2) is 36.1 Å². The summed E-state index contributed by atoms with van der Waals surface area (Å²) in [6.07, 6.45) is 6.44. The zero-order valence-corrected chi connectivity index (χ0v) is 13.5. The average Bonchev–Trinajstić information content (AvgIpc) is 2.90. The molecule has 4 unspecified atom stereocenters. The van der Waals surface area contributed by atoms with Crippen molar-refractivity contribution in [2.75, 3.05) is 6.61 Å². The van der Waals surface area contributed by atoms with E-state index in [1.807, 2.05) is 6.92 Å². The second kappa shape index (κ2) is 7.77. The zero-order valence-electron chi connectivity index (χ0n) is 13.5. The Balaban J connectivity index is 2.22. The fourth-order valence-corrected chi connectivity index (χ4v) is 3.71. The molecule has 2 aliphatic rings. The third kappa shape index (κ3) is 3.35. The SMILES string of the molecule is CCCCOC1CCCC2C1=C(C(=O)O)NC2C(C=O)CC. The van der Waals surface area contributed by atoms with E-state index in [0.29, 0.717) is 6.61 Å². The van der Waals surface area contributed by atoms with Crippen LogP contribution in [0.5, 0.6) is 0 Å². The van der Waals surface area contributed by atoms with Gasteiger partial charge in [-0.1, -0.05) is 20.3 Å². The van der Waals surface area contributed by atoms with Gasteiger partial charge < -0.3 is 20.0 Å². The molecule has 0 saturated heterocycles. The van der Waals surface area contributed by atoms with Crippen molar-refractivity contribution >= 4 is 12.3 Å². The molecule has 5 heteroatoms. The van der Waals surface area contributed by atoms with Crippen LogP contribution < -0.4 is 5.32 Å². The van der Waals surface area contributed by atoms with E-state index < -0.39 is 5.97 Å². The summed E-state index contributed by atoms with van der Waals surface area (Å²) in [5.74, 6) is -0.970. The van der Waals surface area contributed by atoms with Crippen LogP contribution in [0.1, 0.15) is 52.4 Å². The number of rotatable bonds is 8. The molecule has 0 aromatic heterocycles. The molecule has 1 saturated carbocycles. The third-order valence-electron chi connectivity index (χ3n) is 4.90. The molecule has 1 heterocycles. The first-order chi connectivity index (χ1) is 10.6. The summed E-state index contributed by atoms with van der Waals surface area (Å²) in [7, 11) is 0. The van der Waals surface area contributed by atoms with Gasteiger partial charge in [0.2, 0.25) is 0 Å². The fourth-order valence-electron chi connectivity index (χ4n) is 3.71. The molecule has 1 aliphatic carbocycles. The molecule has 0 radical (unpaired) electrons. The van der Waals surface area contributed by atoms with Gasteiger partial charge in [-0.25, -0.2) is 4.79 Å². The molecule has 1 aliphatic heterocycles. The van der Waals surface area contributed by atoms with E-state index in [-0.39, 0.29) is 29.7 Å². The minimum Gasteiger partial charge on any atom is -0.477 e. The summed E-state index contributed by atoms with van der Waals surface area (Å²) in [4.78, 5) is 22.9. The highest BCUT2D eigenvalue weighted by atomic mass is 16.5. The molecule has 0 amide bonds. The van der Waals surface area contributed by atoms with Gasteiger partial charge in [-0.15, -0.1) is 0 Å². The number of fused-ring (bicyclic) bond motifs is 1. The Labute approximate surface area is 132 Å². The molecule has 0 aromatic carbocycles. The highest BCUT2D eigenvalue weighted by Gasteiger charge is 2.45. The topological polar surface area (TPSA) is 75.6 Å². The number of hydrogen-bond acceptors (Lipinski definition) is 4. The van der Waals surface area contributed by atoms with Crippen LogP contribution in [0, 0.1) is 11.8 Å². The average molecular weight is 309 g/mol. The molecule has 2 rings (SSSR count). The number of carboxylic acids is 1. The van der Waals surface area contributed by atoms with Crippen molar-refractivity contribution in [3.63, 3.8) is 0 Å². The lowest BCUT2D eigenvalue weighted by molar-refractivity contribution is -0.133. The lowest BCUT2D eigenvalue weighted by atomic mass is 9.76. The number of aldehydes is 1. The van der Waals surface area contributed by atoms with Crippen molar-refractivity contribution < 1.29 is 19.4 Å². The standard InChI is InChI=1S/C17H27NO4/c1-3-5-9-22-13-8-6-7-12-14(13)16(17(20)21)18-15(12)11(4-2)10-19/h10-13,15,18H,3-9H2,1-2H3,(H,20,21). The van der Waals surface area contributed by atoms with E-state index in [9.17, 15) is 14.7 Å². The normalized spacial score (nSPS) is 28.9. The van der Waals surface area contributed by atoms with Gasteiger partial charge >= 0.3 is 5.97 Å². The van der Waals surface area contributed by atoms with E-state index in [2.05, 4.69) is 12.2 Å². The lowest BCUT2D eigenvalue weighted by Crippen LogP contribution is -2.39. The summed E-state index contributed by atoms with van der Waals surface area (Å²) >= 11 is 0. The Morgan fingerprint density at radius 2 is 2.23 bits per heavy atom. The maximum atomic E-state index is 11.6. The first-order valence-corrected chi connectivity index (χ1v) is 8.44. The van der Waals surface area contributed by atoms with Crippen molar-refractivity contribution in [1.82, 2.24) is 5.32 Å². The van der Waals surface area contributed by atoms with Gasteiger partial charge in [-0.3, -0.25) is 0 Å². The van der Waals surface area contributed by atoms with Crippen LogP contribution >= 0.6 is 0 Å². The molecule has 0 aromatic rings. The van der Waals surface area contributed by atoms with Gasteiger partial charge in [0.15, 0.2) is 0 Å². The molecule has 4 atom stereocenters. The minimum absolute atomic E-state index is 0.0961. The number of carboxylic acid groups (broad SMARTS) is 1. The van der Waals surface area contributed by atoms with Crippen LogP contribution in [-0.2, 0) is 14.3 Å². The smallest absolute Gasteiger partial charge is 0.352 e. The largest absolute Gasteiger partial charge is 0.477 e. The maximum absolute atomic E-state index is 11.6. The molecule has 124 valence electrons. The number of nitrogens with one attached hydrogen (secondary N) is 1. The quantitative estimate of drug-likeness (QED) is 0.532. The van der Waals surface area contributed by atoms with E-state index in [4.69, 9.17) is 4.74 Å². The van der Waals surface area contributed by atoms with Crippen LogP contribution in [0.25, 0.3) is 0 Å². The highest BCUT2D eigenvalue weighted by molar-refractivity contribution is 5.88. The van der Waals surface area contributed by atoms with Crippen molar-refractivity contribution in [2.24, 2.45) is 11.8 Å². The number of carbonyl (C=O) groups excluding carboxylic acids is 1. The van der Waals surface area contributed by atoms with E-state index in [1.165, 1.54) is 0 Å². The van der Waals surface area contributed by atoms with E-state index in [0.717, 1.165) is 50.4 Å². The Hall–Kier alpha value is -1.36. The van der Waals surface area contributed by atoms with E-state index in [1.54, 1.807) is 0 Å². The Morgan fingerprint density at radius 3 is 2.82 bits per heavy atom. The van der Waals surface area contributed by atoms with Crippen LogP contribution in [0.3, 0.4) is 0 Å². The second-order valence-electron chi connectivity index (χ2n) is 6.26. The minimum atomic E-state index is -0.936. The number of ether oxygens (including phenoxy) is 1. The summed E-state index contributed by atoms with van der Waals surface area (Å²) < 4.78 is 5.96. The predicted molar refractivity (Wildman–Crippen MR) is 83.4 cm³/mol. The van der Waals surface area contributed by atoms with Crippen LogP contribution in [0.2, 0.25) is 0 Å². The summed E-state index contributed by atoms with van der Waals surface area (Å²) in [5.41, 5.74) is 1.16. The number of hydrogen-bond donors (Lipinski definition) is 2. The van der Waals surface area contributed by atoms with Crippen LogP contribution in [0.15, 0.2) is 11.3 Å². The fraction of sp³-hybridized carbons (Fsp3) is 0.765. The third-order valence-corrected chi connectivity index (χ3v) is 4.90. The number of carbonyl (C=O) groups is 2. The first kappa shape index (κ1) is 17.0. The van der Waals surface area contributed by atoms with Gasteiger partial charge in [-0.05, 0) is 37.7 Å². The van der Waals surface area contributed by atoms with Gasteiger partial charge in [0, 0.05) is 24.5 Å². The van der Waals surface area contributed by atoms with Crippen LogP contribution in [0.4, 0.5) is 0 Å². The number of unbranched alkanes of at least 4 members (excludes halogenated alkanes) is 1. The lowest BCUT2D eigenvalue weighted by Gasteiger charge is -2.33. The molecular weight excluding hydrogens is 282 g/mol.